The summed E-state index contributed by atoms with van der Waals surface area (Å²) in [5, 5.41) is 2.94. The second-order valence-corrected chi connectivity index (χ2v) is 6.54. The van der Waals surface area contributed by atoms with E-state index in [-0.39, 0.29) is 16.9 Å². The SMILES string of the molecule is COC(=O)c1ccc(S(=O)(=O)N(C)C2CCNCC2)o1. The van der Waals surface area contributed by atoms with Crippen LogP contribution in [0.3, 0.4) is 0 Å². The van der Waals surface area contributed by atoms with Gasteiger partial charge < -0.3 is 14.5 Å². The van der Waals surface area contributed by atoms with E-state index in [0.717, 1.165) is 25.9 Å². The van der Waals surface area contributed by atoms with Gasteiger partial charge in [0.1, 0.15) is 0 Å². The molecular weight excluding hydrogens is 284 g/mol. The Kier molecular flexibility index (Phi) is 4.46. The molecule has 1 saturated heterocycles. The third-order valence-electron chi connectivity index (χ3n) is 3.42. The van der Waals surface area contributed by atoms with Gasteiger partial charge in [0.25, 0.3) is 10.0 Å². The van der Waals surface area contributed by atoms with E-state index in [9.17, 15) is 13.2 Å². The molecule has 0 aliphatic carbocycles. The number of carbonyl (C=O) groups excluding carboxylic acids is 1. The Bertz CT molecular complexity index is 574. The minimum Gasteiger partial charge on any atom is -0.463 e. The molecule has 1 aliphatic heterocycles. The molecule has 0 saturated carbocycles. The van der Waals surface area contributed by atoms with Crippen molar-refractivity contribution in [2.24, 2.45) is 0 Å². The molecule has 2 heterocycles. The van der Waals surface area contributed by atoms with Crippen molar-refractivity contribution in [2.75, 3.05) is 27.2 Å². The molecule has 0 atom stereocenters. The van der Waals surface area contributed by atoms with Crippen LogP contribution in [0.2, 0.25) is 0 Å². The summed E-state index contributed by atoms with van der Waals surface area (Å²) in [5.41, 5.74) is 0. The number of carbonyl (C=O) groups is 1. The van der Waals surface area contributed by atoms with E-state index in [1.165, 1.54) is 30.6 Å². The first-order valence-corrected chi connectivity index (χ1v) is 7.77. The Balaban J connectivity index is 2.20. The van der Waals surface area contributed by atoms with Gasteiger partial charge in [-0.25, -0.2) is 13.2 Å². The quantitative estimate of drug-likeness (QED) is 0.812. The highest BCUT2D eigenvalue weighted by molar-refractivity contribution is 7.89. The van der Waals surface area contributed by atoms with Gasteiger partial charge in [-0.05, 0) is 38.1 Å². The Morgan fingerprint density at radius 2 is 2.05 bits per heavy atom. The number of piperidine rings is 1. The van der Waals surface area contributed by atoms with Crippen LogP contribution in [-0.4, -0.2) is 52.0 Å². The third-order valence-corrected chi connectivity index (χ3v) is 5.21. The average Bonchev–Trinajstić information content (AvgIpc) is 2.97. The van der Waals surface area contributed by atoms with Gasteiger partial charge in [-0.2, -0.15) is 4.31 Å². The smallest absolute Gasteiger partial charge is 0.374 e. The number of ether oxygens (including phenoxy) is 1. The molecule has 1 aromatic heterocycles. The second-order valence-electron chi connectivity index (χ2n) is 4.61. The summed E-state index contributed by atoms with van der Waals surface area (Å²) in [6.45, 7) is 1.58. The van der Waals surface area contributed by atoms with Gasteiger partial charge >= 0.3 is 5.97 Å². The van der Waals surface area contributed by atoms with Gasteiger partial charge in [-0.15, -0.1) is 0 Å². The number of hydrogen-bond acceptors (Lipinski definition) is 6. The van der Waals surface area contributed by atoms with Crippen LogP contribution < -0.4 is 5.32 Å². The predicted octanol–water partition coefficient (Wildman–Crippen LogP) is 0.439. The molecule has 112 valence electrons. The molecule has 0 radical (unpaired) electrons. The van der Waals surface area contributed by atoms with Crippen LogP contribution in [0.5, 0.6) is 0 Å². The molecular formula is C12H18N2O5S. The molecule has 1 aromatic rings. The fourth-order valence-electron chi connectivity index (χ4n) is 2.18. The lowest BCUT2D eigenvalue weighted by Gasteiger charge is -2.30. The highest BCUT2D eigenvalue weighted by Gasteiger charge is 2.32. The van der Waals surface area contributed by atoms with Crippen molar-refractivity contribution in [1.82, 2.24) is 9.62 Å². The van der Waals surface area contributed by atoms with Gasteiger partial charge in [0.05, 0.1) is 7.11 Å². The van der Waals surface area contributed by atoms with E-state index in [0.29, 0.717) is 0 Å². The topological polar surface area (TPSA) is 88.9 Å². The highest BCUT2D eigenvalue weighted by atomic mass is 32.2. The van der Waals surface area contributed by atoms with Crippen molar-refractivity contribution in [3.05, 3.63) is 17.9 Å². The molecule has 0 amide bonds. The summed E-state index contributed by atoms with van der Waals surface area (Å²) in [6, 6.07) is 2.52. The molecule has 20 heavy (non-hydrogen) atoms. The number of esters is 1. The fourth-order valence-corrected chi connectivity index (χ4v) is 3.50. The van der Waals surface area contributed by atoms with Crippen molar-refractivity contribution in [1.29, 1.82) is 0 Å². The number of rotatable bonds is 4. The summed E-state index contributed by atoms with van der Waals surface area (Å²) >= 11 is 0. The zero-order chi connectivity index (χ0) is 14.8. The van der Waals surface area contributed by atoms with Gasteiger partial charge in [0, 0.05) is 13.1 Å². The number of nitrogens with one attached hydrogen (secondary N) is 1. The van der Waals surface area contributed by atoms with Crippen molar-refractivity contribution in [3.8, 4) is 0 Å². The summed E-state index contributed by atoms with van der Waals surface area (Å²) in [7, 11) is -0.987. The van der Waals surface area contributed by atoms with Crippen LogP contribution in [0.25, 0.3) is 0 Å². The molecule has 0 unspecified atom stereocenters. The molecule has 1 fully saturated rings. The second kappa shape index (κ2) is 5.94. The molecule has 0 spiro atoms. The van der Waals surface area contributed by atoms with Crippen LogP contribution in [0, 0.1) is 0 Å². The van der Waals surface area contributed by atoms with Gasteiger partial charge in [-0.3, -0.25) is 0 Å². The van der Waals surface area contributed by atoms with Crippen LogP contribution in [0.4, 0.5) is 0 Å². The van der Waals surface area contributed by atoms with E-state index in [1.807, 2.05) is 0 Å². The summed E-state index contributed by atoms with van der Waals surface area (Å²) < 4.78 is 35.7. The van der Waals surface area contributed by atoms with E-state index >= 15 is 0 Å². The zero-order valence-electron chi connectivity index (χ0n) is 11.5. The number of hydrogen-bond donors (Lipinski definition) is 1. The molecule has 0 aromatic carbocycles. The zero-order valence-corrected chi connectivity index (χ0v) is 12.3. The van der Waals surface area contributed by atoms with Gasteiger partial charge in [0.2, 0.25) is 10.9 Å². The monoisotopic (exact) mass is 302 g/mol. The van der Waals surface area contributed by atoms with Crippen LogP contribution in [-0.2, 0) is 14.8 Å². The Hall–Kier alpha value is -1.38. The van der Waals surface area contributed by atoms with Crippen molar-refractivity contribution < 1.29 is 22.4 Å². The van der Waals surface area contributed by atoms with Crippen molar-refractivity contribution >= 4 is 16.0 Å². The molecule has 2 rings (SSSR count). The Morgan fingerprint density at radius 3 is 2.65 bits per heavy atom. The van der Waals surface area contributed by atoms with E-state index in [4.69, 9.17) is 4.42 Å². The van der Waals surface area contributed by atoms with Crippen molar-refractivity contribution in [2.45, 2.75) is 24.0 Å². The fraction of sp³-hybridized carbons (Fsp3) is 0.583. The number of sulfonamides is 1. The van der Waals surface area contributed by atoms with E-state index < -0.39 is 16.0 Å². The first-order valence-electron chi connectivity index (χ1n) is 6.33. The minimum absolute atomic E-state index is 0.0621. The van der Waals surface area contributed by atoms with E-state index in [2.05, 4.69) is 10.1 Å². The number of methoxy groups -OCH3 is 1. The lowest BCUT2D eigenvalue weighted by atomic mass is 10.1. The Morgan fingerprint density at radius 1 is 1.40 bits per heavy atom. The molecule has 1 N–H and O–H groups in total. The van der Waals surface area contributed by atoms with Crippen LogP contribution >= 0.6 is 0 Å². The number of furan rings is 1. The third kappa shape index (κ3) is 2.87. The summed E-state index contributed by atoms with van der Waals surface area (Å²) in [4.78, 5) is 11.3. The molecule has 7 nitrogen and oxygen atoms in total. The largest absolute Gasteiger partial charge is 0.463 e. The van der Waals surface area contributed by atoms with E-state index in [1.54, 1.807) is 0 Å². The lowest BCUT2D eigenvalue weighted by molar-refractivity contribution is 0.0558. The molecule has 1 aliphatic rings. The highest BCUT2D eigenvalue weighted by Crippen LogP contribution is 2.22. The molecule has 8 heteroatoms. The summed E-state index contributed by atoms with van der Waals surface area (Å²) in [6.07, 6.45) is 1.50. The molecule has 0 bridgehead atoms. The van der Waals surface area contributed by atoms with Crippen LogP contribution in [0.1, 0.15) is 23.4 Å². The number of nitrogens with zero attached hydrogens (tertiary/aromatic N) is 1. The predicted molar refractivity (Wildman–Crippen MR) is 70.9 cm³/mol. The average molecular weight is 302 g/mol. The first-order chi connectivity index (χ1) is 9.46. The van der Waals surface area contributed by atoms with Crippen molar-refractivity contribution in [3.63, 3.8) is 0 Å². The van der Waals surface area contributed by atoms with Gasteiger partial charge in [-0.1, -0.05) is 0 Å². The maximum atomic E-state index is 12.4. The maximum absolute atomic E-state index is 12.4. The standard InChI is InChI=1S/C12H18N2O5S/c1-14(9-5-7-13-8-6-9)20(16,17)11-4-3-10(19-11)12(15)18-2/h3-4,9,13H,5-8H2,1-2H3. The Labute approximate surface area is 117 Å². The normalized spacial score (nSPS) is 17.4. The van der Waals surface area contributed by atoms with Crippen LogP contribution in [0.15, 0.2) is 21.6 Å². The lowest BCUT2D eigenvalue weighted by Crippen LogP contribution is -2.43. The van der Waals surface area contributed by atoms with Gasteiger partial charge in [0.15, 0.2) is 0 Å². The summed E-state index contributed by atoms with van der Waals surface area (Å²) in [5.74, 6) is -0.819. The first kappa shape index (κ1) is 15.0. The maximum Gasteiger partial charge on any atom is 0.374 e. The minimum atomic E-state index is -3.73.